The van der Waals surface area contributed by atoms with E-state index in [2.05, 4.69) is 24.1 Å². The van der Waals surface area contributed by atoms with E-state index in [4.69, 9.17) is 0 Å². The van der Waals surface area contributed by atoms with Crippen molar-refractivity contribution in [1.29, 1.82) is 0 Å². The first kappa shape index (κ1) is 8.62. The molecule has 0 unspecified atom stereocenters. The van der Waals surface area contributed by atoms with Gasteiger partial charge in [0.25, 0.3) is 0 Å². The fourth-order valence-electron chi connectivity index (χ4n) is 1.30. The summed E-state index contributed by atoms with van der Waals surface area (Å²) in [4.78, 5) is 0. The molecule has 0 spiro atoms. The van der Waals surface area contributed by atoms with Gasteiger partial charge in [0.1, 0.15) is 0 Å². The Morgan fingerprint density at radius 2 is 2.36 bits per heavy atom. The van der Waals surface area contributed by atoms with Crippen LogP contribution in [0.5, 0.6) is 0 Å². The molecule has 0 radical (unpaired) electrons. The van der Waals surface area contributed by atoms with Crippen molar-refractivity contribution in [2.45, 2.75) is 45.1 Å². The highest BCUT2D eigenvalue weighted by Gasteiger charge is 2.07. The van der Waals surface area contributed by atoms with Gasteiger partial charge in [-0.05, 0) is 32.2 Å². The van der Waals surface area contributed by atoms with Crippen molar-refractivity contribution in [2.24, 2.45) is 0 Å². The molecule has 0 bridgehead atoms. The van der Waals surface area contributed by atoms with E-state index in [1.54, 1.807) is 0 Å². The van der Waals surface area contributed by atoms with E-state index in [-0.39, 0.29) is 0 Å². The summed E-state index contributed by atoms with van der Waals surface area (Å²) in [7, 11) is 0. The fraction of sp³-hybridized carbons (Fsp3) is 0.800. The zero-order valence-corrected chi connectivity index (χ0v) is 7.32. The summed E-state index contributed by atoms with van der Waals surface area (Å²) in [6, 6.07) is 0.496. The zero-order chi connectivity index (χ0) is 7.94. The van der Waals surface area contributed by atoms with Crippen LogP contribution < -0.4 is 5.32 Å². The summed E-state index contributed by atoms with van der Waals surface area (Å²) >= 11 is 0. The first-order valence-corrected chi connectivity index (χ1v) is 4.65. The minimum atomic E-state index is 0.496. The number of unbranched alkanes of at least 4 members (excludes halogenated alkanes) is 1. The van der Waals surface area contributed by atoms with Crippen molar-refractivity contribution in [3.63, 3.8) is 0 Å². The third kappa shape index (κ3) is 3.43. The Hall–Kier alpha value is -0.480. The Kier molecular flexibility index (Phi) is 4.08. The molecule has 1 aliphatic rings. The second-order valence-electron chi connectivity index (χ2n) is 3.07. The van der Waals surface area contributed by atoms with E-state index in [9.17, 15) is 0 Å². The summed E-state index contributed by atoms with van der Waals surface area (Å²) < 4.78 is 0. The molecule has 0 aromatic heterocycles. The van der Waals surface area contributed by atoms with Crippen LogP contribution in [0.3, 0.4) is 0 Å². The van der Waals surface area contributed by atoms with Crippen LogP contribution in [-0.2, 0) is 0 Å². The van der Waals surface area contributed by atoms with Gasteiger partial charge in [-0.25, -0.2) is 0 Å². The summed E-state index contributed by atoms with van der Waals surface area (Å²) in [5.41, 5.74) is 0. The molecule has 1 saturated heterocycles. The summed E-state index contributed by atoms with van der Waals surface area (Å²) in [6.45, 7) is 3.33. The van der Waals surface area contributed by atoms with Gasteiger partial charge in [0.2, 0.25) is 0 Å². The molecule has 0 amide bonds. The molecule has 1 N–H and O–H groups in total. The van der Waals surface area contributed by atoms with E-state index in [1.165, 1.54) is 25.7 Å². The highest BCUT2D eigenvalue weighted by molar-refractivity contribution is 5.08. The summed E-state index contributed by atoms with van der Waals surface area (Å²) in [5, 5.41) is 3.40. The summed E-state index contributed by atoms with van der Waals surface area (Å²) in [6.07, 6.45) is 6.15. The minimum absolute atomic E-state index is 0.496. The van der Waals surface area contributed by atoms with Crippen molar-refractivity contribution in [3.8, 4) is 11.8 Å². The largest absolute Gasteiger partial charge is 0.304 e. The smallest absolute Gasteiger partial charge is 0.0689 e. The third-order valence-electron chi connectivity index (χ3n) is 1.96. The molecular weight excluding hydrogens is 134 g/mol. The van der Waals surface area contributed by atoms with Crippen LogP contribution in [0.25, 0.3) is 0 Å². The van der Waals surface area contributed by atoms with Crippen LogP contribution in [-0.4, -0.2) is 12.6 Å². The highest BCUT2D eigenvalue weighted by atomic mass is 14.9. The SMILES string of the molecule is CCCC#C[C@@H]1CCCCN1. The van der Waals surface area contributed by atoms with Gasteiger partial charge in [-0.15, -0.1) is 5.92 Å². The van der Waals surface area contributed by atoms with E-state index in [0.717, 1.165) is 13.0 Å². The van der Waals surface area contributed by atoms with Crippen LogP contribution in [0.15, 0.2) is 0 Å². The van der Waals surface area contributed by atoms with Crippen molar-refractivity contribution in [2.75, 3.05) is 6.54 Å². The van der Waals surface area contributed by atoms with Crippen molar-refractivity contribution in [1.82, 2.24) is 5.32 Å². The van der Waals surface area contributed by atoms with Gasteiger partial charge in [-0.2, -0.15) is 0 Å². The lowest BCUT2D eigenvalue weighted by Gasteiger charge is -2.17. The van der Waals surface area contributed by atoms with Crippen LogP contribution in [0.1, 0.15) is 39.0 Å². The second kappa shape index (κ2) is 5.21. The number of hydrogen-bond acceptors (Lipinski definition) is 1. The molecule has 1 heterocycles. The zero-order valence-electron chi connectivity index (χ0n) is 7.32. The minimum Gasteiger partial charge on any atom is -0.304 e. The van der Waals surface area contributed by atoms with Gasteiger partial charge < -0.3 is 5.32 Å². The quantitative estimate of drug-likeness (QED) is 0.565. The molecule has 1 rings (SSSR count). The lowest BCUT2D eigenvalue weighted by Crippen LogP contribution is -2.32. The average molecular weight is 151 g/mol. The maximum Gasteiger partial charge on any atom is 0.0689 e. The Morgan fingerprint density at radius 1 is 1.45 bits per heavy atom. The predicted octanol–water partition coefficient (Wildman–Crippen LogP) is 1.93. The normalized spacial score (nSPS) is 23.9. The highest BCUT2D eigenvalue weighted by Crippen LogP contribution is 2.05. The lowest BCUT2D eigenvalue weighted by atomic mass is 10.1. The van der Waals surface area contributed by atoms with Crippen molar-refractivity contribution >= 4 is 0 Å². The van der Waals surface area contributed by atoms with Gasteiger partial charge in [-0.1, -0.05) is 12.8 Å². The molecule has 1 nitrogen and oxygen atoms in total. The van der Waals surface area contributed by atoms with Crippen LogP contribution >= 0.6 is 0 Å². The fourth-order valence-corrected chi connectivity index (χ4v) is 1.30. The maximum absolute atomic E-state index is 3.40. The number of rotatable bonds is 1. The molecule has 1 atom stereocenters. The predicted molar refractivity (Wildman–Crippen MR) is 48.3 cm³/mol. The lowest BCUT2D eigenvalue weighted by molar-refractivity contribution is 0.463. The van der Waals surface area contributed by atoms with E-state index >= 15 is 0 Å². The number of nitrogens with one attached hydrogen (secondary N) is 1. The van der Waals surface area contributed by atoms with Gasteiger partial charge in [0.15, 0.2) is 0 Å². The van der Waals surface area contributed by atoms with Crippen LogP contribution in [0.2, 0.25) is 0 Å². The van der Waals surface area contributed by atoms with E-state index in [0.29, 0.717) is 6.04 Å². The third-order valence-corrected chi connectivity index (χ3v) is 1.96. The monoisotopic (exact) mass is 151 g/mol. The molecule has 62 valence electrons. The first-order valence-electron chi connectivity index (χ1n) is 4.65. The Morgan fingerprint density at radius 3 is 3.00 bits per heavy atom. The average Bonchev–Trinajstić information content (AvgIpc) is 2.07. The second-order valence-corrected chi connectivity index (χ2v) is 3.07. The van der Waals surface area contributed by atoms with Crippen LogP contribution in [0, 0.1) is 11.8 Å². The number of hydrogen-bond donors (Lipinski definition) is 1. The maximum atomic E-state index is 3.40. The molecule has 1 heteroatoms. The van der Waals surface area contributed by atoms with Gasteiger partial charge in [0, 0.05) is 6.42 Å². The standard InChI is InChI=1S/C10H17N/c1-2-3-4-7-10-8-5-6-9-11-10/h10-11H,2-3,5-6,8-9H2,1H3/t10-/m1/s1. The molecule has 1 fully saturated rings. The van der Waals surface area contributed by atoms with Gasteiger partial charge in [-0.3, -0.25) is 0 Å². The van der Waals surface area contributed by atoms with Crippen molar-refractivity contribution in [3.05, 3.63) is 0 Å². The number of piperidine rings is 1. The molecule has 0 aromatic carbocycles. The molecule has 0 aromatic rings. The van der Waals surface area contributed by atoms with Crippen LogP contribution in [0.4, 0.5) is 0 Å². The van der Waals surface area contributed by atoms with Crippen molar-refractivity contribution < 1.29 is 0 Å². The summed E-state index contributed by atoms with van der Waals surface area (Å²) in [5.74, 6) is 6.45. The first-order chi connectivity index (χ1) is 5.43. The Labute approximate surface area is 69.6 Å². The van der Waals surface area contributed by atoms with E-state index < -0.39 is 0 Å². The Bertz CT molecular complexity index is 146. The molecule has 11 heavy (non-hydrogen) atoms. The van der Waals surface area contributed by atoms with Gasteiger partial charge >= 0.3 is 0 Å². The van der Waals surface area contributed by atoms with Gasteiger partial charge in [0.05, 0.1) is 6.04 Å². The molecule has 0 aliphatic carbocycles. The Balaban J connectivity index is 2.19. The van der Waals surface area contributed by atoms with E-state index in [1.807, 2.05) is 0 Å². The molecule has 1 aliphatic heterocycles. The topological polar surface area (TPSA) is 12.0 Å². The molecule has 0 saturated carbocycles. The molecular formula is C10H17N.